The summed E-state index contributed by atoms with van der Waals surface area (Å²) in [5.74, 6) is -0.327. The Morgan fingerprint density at radius 1 is 1.00 bits per heavy atom. The maximum Gasteiger partial charge on any atom is 0.264 e. The highest BCUT2D eigenvalue weighted by Gasteiger charge is 2.34. The van der Waals surface area contributed by atoms with E-state index in [4.69, 9.17) is 14.2 Å². The van der Waals surface area contributed by atoms with Gasteiger partial charge >= 0.3 is 0 Å². The number of halogens is 1. The molecule has 1 heterocycles. The third-order valence-corrected chi connectivity index (χ3v) is 8.57. The van der Waals surface area contributed by atoms with E-state index in [9.17, 15) is 22.4 Å². The molecule has 2 amide bonds. The van der Waals surface area contributed by atoms with Gasteiger partial charge in [-0.1, -0.05) is 19.1 Å². The van der Waals surface area contributed by atoms with Crippen molar-refractivity contribution in [3.8, 4) is 17.2 Å². The maximum absolute atomic E-state index is 14.1. The van der Waals surface area contributed by atoms with Crippen LogP contribution in [0.25, 0.3) is 0 Å². The molecule has 0 spiro atoms. The summed E-state index contributed by atoms with van der Waals surface area (Å²) < 4.78 is 59.4. The first kappa shape index (κ1) is 31.6. The molecule has 230 valence electrons. The standard InChI is InChI=1S/C31H36FN3O7S/c1-5-27(31(37)33-21(2)3)34(19-22-7-6-8-25(17-22)40-4)30(36)20-35(24-11-9-23(32)10-12-24)43(38,39)26-13-14-28-29(18-26)42-16-15-41-28/h6-14,17-18,21,27H,5,15-16,19-20H2,1-4H3,(H,33,37)/t27-/m1/s1. The number of rotatable bonds is 12. The molecule has 0 saturated heterocycles. The van der Waals surface area contributed by atoms with Crippen LogP contribution in [0.1, 0.15) is 32.8 Å². The van der Waals surface area contributed by atoms with E-state index in [0.29, 0.717) is 23.7 Å². The van der Waals surface area contributed by atoms with Gasteiger partial charge in [0.1, 0.15) is 37.4 Å². The summed E-state index contributed by atoms with van der Waals surface area (Å²) in [6.07, 6.45) is 0.278. The summed E-state index contributed by atoms with van der Waals surface area (Å²) in [5, 5.41) is 2.86. The Labute approximate surface area is 251 Å². The minimum Gasteiger partial charge on any atom is -0.497 e. The van der Waals surface area contributed by atoms with Crippen LogP contribution in [-0.4, -0.2) is 64.1 Å². The lowest BCUT2D eigenvalue weighted by Gasteiger charge is -2.33. The van der Waals surface area contributed by atoms with Gasteiger partial charge in [-0.25, -0.2) is 12.8 Å². The average molecular weight is 614 g/mol. The van der Waals surface area contributed by atoms with E-state index in [1.807, 2.05) is 13.8 Å². The predicted molar refractivity (Wildman–Crippen MR) is 159 cm³/mol. The number of anilines is 1. The lowest BCUT2D eigenvalue weighted by Crippen LogP contribution is -2.53. The zero-order chi connectivity index (χ0) is 31.1. The zero-order valence-electron chi connectivity index (χ0n) is 24.6. The Kier molecular flexibility index (Phi) is 10.1. The predicted octanol–water partition coefficient (Wildman–Crippen LogP) is 4.13. The number of hydrogen-bond donors (Lipinski definition) is 1. The number of amides is 2. The second kappa shape index (κ2) is 13.8. The van der Waals surface area contributed by atoms with E-state index >= 15 is 0 Å². The highest BCUT2D eigenvalue weighted by atomic mass is 32.2. The van der Waals surface area contributed by atoms with Gasteiger partial charge in [0.15, 0.2) is 11.5 Å². The maximum atomic E-state index is 14.1. The van der Waals surface area contributed by atoms with Crippen LogP contribution >= 0.6 is 0 Å². The highest BCUT2D eigenvalue weighted by molar-refractivity contribution is 7.92. The molecule has 0 unspecified atom stereocenters. The van der Waals surface area contributed by atoms with Crippen LogP contribution in [0, 0.1) is 5.82 Å². The number of nitrogens with one attached hydrogen (secondary N) is 1. The second-order valence-corrected chi connectivity index (χ2v) is 12.1. The molecule has 0 saturated carbocycles. The first-order chi connectivity index (χ1) is 20.5. The minimum absolute atomic E-state index is 0.0153. The summed E-state index contributed by atoms with van der Waals surface area (Å²) in [6.45, 7) is 5.36. The molecule has 43 heavy (non-hydrogen) atoms. The molecule has 1 atom stereocenters. The molecule has 12 heteroatoms. The molecular formula is C31H36FN3O7S. The first-order valence-electron chi connectivity index (χ1n) is 13.9. The monoisotopic (exact) mass is 613 g/mol. The Morgan fingerprint density at radius 3 is 2.35 bits per heavy atom. The smallest absolute Gasteiger partial charge is 0.264 e. The van der Waals surface area contributed by atoms with Gasteiger partial charge in [-0.15, -0.1) is 0 Å². The van der Waals surface area contributed by atoms with E-state index in [1.54, 1.807) is 31.2 Å². The second-order valence-electron chi connectivity index (χ2n) is 10.3. The van der Waals surface area contributed by atoms with Gasteiger partial charge in [0, 0.05) is 18.7 Å². The van der Waals surface area contributed by atoms with Gasteiger partial charge in [-0.2, -0.15) is 0 Å². The zero-order valence-corrected chi connectivity index (χ0v) is 25.4. The molecule has 1 aliphatic heterocycles. The van der Waals surface area contributed by atoms with Gasteiger partial charge in [0.2, 0.25) is 11.8 Å². The number of benzene rings is 3. The number of nitrogens with zero attached hydrogens (tertiary/aromatic N) is 2. The lowest BCUT2D eigenvalue weighted by atomic mass is 10.1. The van der Waals surface area contributed by atoms with Crippen molar-refractivity contribution in [2.24, 2.45) is 0 Å². The molecular weight excluding hydrogens is 577 g/mol. The summed E-state index contributed by atoms with van der Waals surface area (Å²) in [4.78, 5) is 28.6. The third-order valence-electron chi connectivity index (χ3n) is 6.80. The third kappa shape index (κ3) is 7.56. The number of ether oxygens (including phenoxy) is 3. The van der Waals surface area contributed by atoms with Crippen molar-refractivity contribution >= 4 is 27.5 Å². The van der Waals surface area contributed by atoms with Gasteiger partial charge in [-0.3, -0.25) is 13.9 Å². The van der Waals surface area contributed by atoms with E-state index in [-0.39, 0.29) is 47.9 Å². The van der Waals surface area contributed by atoms with Gasteiger partial charge in [0.05, 0.1) is 17.7 Å². The molecule has 0 bridgehead atoms. The SMILES string of the molecule is CC[C@H](C(=O)NC(C)C)N(Cc1cccc(OC)c1)C(=O)CN(c1ccc(F)cc1)S(=O)(=O)c1ccc2c(c1)OCCO2. The molecule has 1 N–H and O–H groups in total. The van der Waals surface area contributed by atoms with Crippen LogP contribution in [0.2, 0.25) is 0 Å². The van der Waals surface area contributed by atoms with E-state index in [2.05, 4.69) is 5.32 Å². The number of sulfonamides is 1. The van der Waals surface area contributed by atoms with Crippen molar-refractivity contribution in [3.05, 3.63) is 78.1 Å². The van der Waals surface area contributed by atoms with Gasteiger partial charge in [0.25, 0.3) is 10.0 Å². The molecule has 1 aliphatic rings. The molecule has 0 aromatic heterocycles. The highest BCUT2D eigenvalue weighted by Crippen LogP contribution is 2.34. The van der Waals surface area contributed by atoms with Crippen LogP contribution in [-0.2, 0) is 26.2 Å². The minimum atomic E-state index is -4.38. The van der Waals surface area contributed by atoms with Crippen molar-refractivity contribution in [2.45, 2.75) is 50.7 Å². The van der Waals surface area contributed by atoms with Crippen LogP contribution in [0.4, 0.5) is 10.1 Å². The molecule has 10 nitrogen and oxygen atoms in total. The number of methoxy groups -OCH3 is 1. The fourth-order valence-electron chi connectivity index (χ4n) is 4.72. The molecule has 0 radical (unpaired) electrons. The van der Waals surface area contributed by atoms with Crippen LogP contribution < -0.4 is 23.8 Å². The van der Waals surface area contributed by atoms with Crippen molar-refractivity contribution in [1.29, 1.82) is 0 Å². The topological polar surface area (TPSA) is 114 Å². The Balaban J connectivity index is 1.75. The first-order valence-corrected chi connectivity index (χ1v) is 15.4. The fraction of sp³-hybridized carbons (Fsp3) is 0.355. The number of hydrogen-bond acceptors (Lipinski definition) is 7. The Bertz CT molecular complexity index is 1550. The van der Waals surface area contributed by atoms with Crippen molar-refractivity contribution in [3.63, 3.8) is 0 Å². The molecule has 4 rings (SSSR count). The van der Waals surface area contributed by atoms with E-state index in [0.717, 1.165) is 16.4 Å². The van der Waals surface area contributed by atoms with Crippen molar-refractivity contribution in [2.75, 3.05) is 31.2 Å². The number of carbonyl (C=O) groups is 2. The Morgan fingerprint density at radius 2 is 1.70 bits per heavy atom. The van der Waals surface area contributed by atoms with Crippen molar-refractivity contribution in [1.82, 2.24) is 10.2 Å². The number of fused-ring (bicyclic) bond motifs is 1. The normalized spacial score (nSPS) is 13.3. The van der Waals surface area contributed by atoms with E-state index < -0.39 is 34.3 Å². The quantitative estimate of drug-likeness (QED) is 0.327. The summed E-state index contributed by atoms with van der Waals surface area (Å²) in [6, 6.07) is 15.0. The lowest BCUT2D eigenvalue weighted by molar-refractivity contribution is -0.140. The summed E-state index contributed by atoms with van der Waals surface area (Å²) in [7, 11) is -2.85. The molecule has 3 aromatic carbocycles. The Hall–Kier alpha value is -4.32. The van der Waals surface area contributed by atoms with Crippen molar-refractivity contribution < 1.29 is 36.6 Å². The molecule has 3 aromatic rings. The van der Waals surface area contributed by atoms with Gasteiger partial charge in [-0.05, 0) is 74.4 Å². The van der Waals surface area contributed by atoms with E-state index in [1.165, 1.54) is 42.3 Å². The molecule has 0 aliphatic carbocycles. The summed E-state index contributed by atoms with van der Waals surface area (Å²) >= 11 is 0. The van der Waals surface area contributed by atoms with Crippen LogP contribution in [0.15, 0.2) is 71.6 Å². The largest absolute Gasteiger partial charge is 0.497 e. The van der Waals surface area contributed by atoms with Crippen LogP contribution in [0.3, 0.4) is 0 Å². The summed E-state index contributed by atoms with van der Waals surface area (Å²) in [5.41, 5.74) is 0.761. The molecule has 0 fully saturated rings. The average Bonchev–Trinajstić information content (AvgIpc) is 2.99. The van der Waals surface area contributed by atoms with Gasteiger partial charge < -0.3 is 24.4 Å². The fourth-order valence-corrected chi connectivity index (χ4v) is 6.15. The number of carbonyl (C=O) groups excluding carboxylic acids is 2. The van der Waals surface area contributed by atoms with Crippen LogP contribution in [0.5, 0.6) is 17.2 Å².